The molecule has 0 aliphatic rings. The van der Waals surface area contributed by atoms with E-state index in [0.29, 0.717) is 4.68 Å². The summed E-state index contributed by atoms with van der Waals surface area (Å²) in [5.74, 6) is -1.35. The maximum Gasteiger partial charge on any atom is 0.310 e. The average molecular weight is 235 g/mol. The zero-order valence-corrected chi connectivity index (χ0v) is 7.84. The van der Waals surface area contributed by atoms with Crippen molar-refractivity contribution in [3.63, 3.8) is 0 Å². The SMILES string of the molecule is O=C(O)Cc1c([N+](=O)[O-])cnn1CC(F)F. The van der Waals surface area contributed by atoms with Gasteiger partial charge in [-0.1, -0.05) is 0 Å². The molecule has 1 aromatic heterocycles. The first-order chi connectivity index (χ1) is 7.41. The first-order valence-corrected chi connectivity index (χ1v) is 4.10. The van der Waals surface area contributed by atoms with E-state index in [1.165, 1.54) is 0 Å². The van der Waals surface area contributed by atoms with Gasteiger partial charge in [-0.15, -0.1) is 0 Å². The number of carboxylic acids is 1. The number of nitro groups is 1. The number of halogens is 2. The largest absolute Gasteiger partial charge is 0.481 e. The smallest absolute Gasteiger partial charge is 0.310 e. The molecule has 0 aliphatic carbocycles. The number of aliphatic carboxylic acids is 1. The van der Waals surface area contributed by atoms with E-state index in [2.05, 4.69) is 5.10 Å². The van der Waals surface area contributed by atoms with E-state index >= 15 is 0 Å². The number of nitrogens with zero attached hydrogens (tertiary/aromatic N) is 3. The summed E-state index contributed by atoms with van der Waals surface area (Å²) in [6.45, 7) is -0.865. The Morgan fingerprint density at radius 1 is 1.69 bits per heavy atom. The quantitative estimate of drug-likeness (QED) is 0.597. The van der Waals surface area contributed by atoms with E-state index < -0.39 is 36.0 Å². The third-order valence-corrected chi connectivity index (χ3v) is 1.75. The molecule has 7 nitrogen and oxygen atoms in total. The molecule has 0 aromatic carbocycles. The van der Waals surface area contributed by atoms with Crippen LogP contribution in [0.3, 0.4) is 0 Å². The average Bonchev–Trinajstić information content (AvgIpc) is 2.47. The molecule has 0 unspecified atom stereocenters. The molecule has 0 aliphatic heterocycles. The Morgan fingerprint density at radius 2 is 2.31 bits per heavy atom. The molecule has 0 saturated heterocycles. The van der Waals surface area contributed by atoms with Crippen LogP contribution >= 0.6 is 0 Å². The Kier molecular flexibility index (Phi) is 3.48. The van der Waals surface area contributed by atoms with Gasteiger partial charge in [0.25, 0.3) is 6.43 Å². The number of carbonyl (C=O) groups is 1. The predicted molar refractivity (Wildman–Crippen MR) is 46.2 cm³/mol. The van der Waals surface area contributed by atoms with Gasteiger partial charge in [-0.25, -0.2) is 8.78 Å². The number of hydrogen-bond acceptors (Lipinski definition) is 4. The lowest BCUT2D eigenvalue weighted by Gasteiger charge is -2.03. The van der Waals surface area contributed by atoms with Gasteiger partial charge in [0.05, 0.1) is 11.3 Å². The van der Waals surface area contributed by atoms with Gasteiger partial charge in [0, 0.05) is 0 Å². The highest BCUT2D eigenvalue weighted by atomic mass is 19.3. The fourth-order valence-corrected chi connectivity index (χ4v) is 1.17. The minimum Gasteiger partial charge on any atom is -0.481 e. The van der Waals surface area contributed by atoms with Crippen molar-refractivity contribution in [2.75, 3.05) is 0 Å². The van der Waals surface area contributed by atoms with Gasteiger partial charge in [-0.05, 0) is 0 Å². The Morgan fingerprint density at radius 3 is 2.75 bits per heavy atom. The zero-order valence-electron chi connectivity index (χ0n) is 7.84. The molecule has 1 N–H and O–H groups in total. The molecule has 9 heteroatoms. The number of alkyl halides is 2. The van der Waals surface area contributed by atoms with E-state index in [1.807, 2.05) is 0 Å². The van der Waals surface area contributed by atoms with Crippen LogP contribution in [0.25, 0.3) is 0 Å². The highest BCUT2D eigenvalue weighted by Crippen LogP contribution is 2.19. The van der Waals surface area contributed by atoms with Gasteiger partial charge < -0.3 is 5.11 Å². The van der Waals surface area contributed by atoms with Crippen LogP contribution in [0.15, 0.2) is 6.20 Å². The molecule has 0 amide bonds. The van der Waals surface area contributed by atoms with E-state index in [9.17, 15) is 23.7 Å². The summed E-state index contributed by atoms with van der Waals surface area (Å²) in [6.07, 6.45) is -2.71. The molecule has 0 radical (unpaired) electrons. The van der Waals surface area contributed by atoms with Gasteiger partial charge in [0.1, 0.15) is 18.4 Å². The minimum atomic E-state index is -2.76. The van der Waals surface area contributed by atoms with Crippen molar-refractivity contribution >= 4 is 11.7 Å². The van der Waals surface area contributed by atoms with Crippen LogP contribution in [0.2, 0.25) is 0 Å². The fraction of sp³-hybridized carbons (Fsp3) is 0.429. The molecule has 0 spiro atoms. The van der Waals surface area contributed by atoms with Crippen molar-refractivity contribution in [2.24, 2.45) is 0 Å². The predicted octanol–water partition coefficient (Wildman–Crippen LogP) is 0.683. The normalized spacial score (nSPS) is 10.7. The molecule has 16 heavy (non-hydrogen) atoms. The first-order valence-electron chi connectivity index (χ1n) is 4.10. The minimum absolute atomic E-state index is 0.335. The summed E-state index contributed by atoms with van der Waals surface area (Å²) in [5, 5.41) is 22.3. The lowest BCUT2D eigenvalue weighted by atomic mass is 10.3. The molecular weight excluding hydrogens is 228 g/mol. The monoisotopic (exact) mass is 235 g/mol. The van der Waals surface area contributed by atoms with E-state index in [0.717, 1.165) is 6.20 Å². The van der Waals surface area contributed by atoms with Crippen molar-refractivity contribution in [1.82, 2.24) is 9.78 Å². The lowest BCUT2D eigenvalue weighted by molar-refractivity contribution is -0.385. The molecule has 0 bridgehead atoms. The van der Waals surface area contributed by atoms with Crippen LogP contribution < -0.4 is 0 Å². The topological polar surface area (TPSA) is 98.3 Å². The van der Waals surface area contributed by atoms with E-state index in [-0.39, 0.29) is 5.69 Å². The highest BCUT2D eigenvalue weighted by molar-refractivity contribution is 5.71. The van der Waals surface area contributed by atoms with Crippen LogP contribution in [0.1, 0.15) is 5.69 Å². The zero-order chi connectivity index (χ0) is 12.3. The number of carboxylic acid groups (broad SMARTS) is 1. The second kappa shape index (κ2) is 4.64. The maximum absolute atomic E-state index is 12.1. The molecule has 0 atom stereocenters. The summed E-state index contributed by atoms with van der Waals surface area (Å²) < 4.78 is 24.8. The van der Waals surface area contributed by atoms with Crippen LogP contribution in [0.4, 0.5) is 14.5 Å². The van der Waals surface area contributed by atoms with Crippen molar-refractivity contribution < 1.29 is 23.6 Å². The number of aromatic nitrogens is 2. The van der Waals surface area contributed by atoms with E-state index in [4.69, 9.17) is 5.11 Å². The summed E-state index contributed by atoms with van der Waals surface area (Å²) >= 11 is 0. The third-order valence-electron chi connectivity index (χ3n) is 1.75. The van der Waals surface area contributed by atoms with Crippen molar-refractivity contribution in [2.45, 2.75) is 19.4 Å². The van der Waals surface area contributed by atoms with Crippen LogP contribution in [0.5, 0.6) is 0 Å². The summed E-state index contributed by atoms with van der Waals surface area (Å²) in [5.41, 5.74) is -0.902. The van der Waals surface area contributed by atoms with Gasteiger partial charge in [-0.2, -0.15) is 5.10 Å². The van der Waals surface area contributed by atoms with Gasteiger partial charge in [0.15, 0.2) is 0 Å². The molecule has 1 aromatic rings. The number of rotatable bonds is 5. The summed E-state index contributed by atoms with van der Waals surface area (Å²) in [6, 6.07) is 0. The Balaban J connectivity index is 3.08. The van der Waals surface area contributed by atoms with Crippen LogP contribution in [-0.4, -0.2) is 32.2 Å². The fourth-order valence-electron chi connectivity index (χ4n) is 1.17. The summed E-state index contributed by atoms with van der Waals surface area (Å²) in [7, 11) is 0. The Labute approximate surface area is 87.4 Å². The van der Waals surface area contributed by atoms with Gasteiger partial charge in [0.2, 0.25) is 0 Å². The van der Waals surface area contributed by atoms with Gasteiger partial charge in [-0.3, -0.25) is 19.6 Å². The Bertz CT molecular complexity index is 418. The van der Waals surface area contributed by atoms with Crippen LogP contribution in [0, 0.1) is 10.1 Å². The molecule has 1 heterocycles. The number of hydrogen-bond donors (Lipinski definition) is 1. The third kappa shape index (κ3) is 2.72. The molecular formula is C7H7F2N3O4. The van der Waals surface area contributed by atoms with E-state index in [1.54, 1.807) is 0 Å². The molecule has 1 rings (SSSR count). The first kappa shape index (κ1) is 12.0. The van der Waals surface area contributed by atoms with Crippen LogP contribution in [-0.2, 0) is 17.8 Å². The standard InChI is InChI=1S/C7H7F2N3O4/c8-6(9)3-11-4(1-7(13)14)5(2-10-11)12(15)16/h2,6H,1,3H2,(H,13,14). The lowest BCUT2D eigenvalue weighted by Crippen LogP contribution is -2.14. The highest BCUT2D eigenvalue weighted by Gasteiger charge is 2.23. The van der Waals surface area contributed by atoms with Gasteiger partial charge >= 0.3 is 11.7 Å². The van der Waals surface area contributed by atoms with Crippen molar-refractivity contribution in [3.8, 4) is 0 Å². The second-order valence-electron chi connectivity index (χ2n) is 2.88. The summed E-state index contributed by atoms with van der Waals surface area (Å²) in [4.78, 5) is 20.0. The molecule has 88 valence electrons. The maximum atomic E-state index is 12.1. The Hall–Kier alpha value is -2.06. The van der Waals surface area contributed by atoms with Crippen molar-refractivity contribution in [1.29, 1.82) is 0 Å². The second-order valence-corrected chi connectivity index (χ2v) is 2.88. The molecule has 0 saturated carbocycles. The molecule has 0 fully saturated rings. The van der Waals surface area contributed by atoms with Crippen molar-refractivity contribution in [3.05, 3.63) is 22.0 Å².